The maximum atomic E-state index is 14.2. The molecule has 0 saturated carbocycles. The van der Waals surface area contributed by atoms with Crippen LogP contribution in [0.15, 0.2) is 30.3 Å². The topological polar surface area (TPSA) is 71.1 Å². The van der Waals surface area contributed by atoms with Gasteiger partial charge in [-0.1, -0.05) is 30.3 Å². The summed E-state index contributed by atoms with van der Waals surface area (Å²) in [6, 6.07) is 8.39. The van der Waals surface area contributed by atoms with E-state index in [1.807, 2.05) is 6.07 Å². The molecule has 0 bridgehead atoms. The smallest absolute Gasteiger partial charge is 0.308 e. The Morgan fingerprint density at radius 1 is 0.900 bits per heavy atom. The van der Waals surface area contributed by atoms with Gasteiger partial charge in [0.15, 0.2) is 4.90 Å². The van der Waals surface area contributed by atoms with Crippen LogP contribution >= 0.6 is 15.2 Å². The molecule has 1 aromatic rings. The summed E-state index contributed by atoms with van der Waals surface area (Å²) >= 11 is 0. The average molecular weight is 456 g/mol. The predicted octanol–water partition coefficient (Wildman–Crippen LogP) is 6.65. The van der Waals surface area contributed by atoms with Crippen molar-refractivity contribution in [2.75, 3.05) is 26.4 Å². The third-order valence-corrected chi connectivity index (χ3v) is 12.6. The molecule has 0 amide bonds. The molecule has 3 rings (SSSR count). The van der Waals surface area contributed by atoms with Crippen LogP contribution in [-0.4, -0.2) is 31.3 Å². The minimum Gasteiger partial charge on any atom is -0.308 e. The van der Waals surface area contributed by atoms with E-state index in [0.717, 1.165) is 12.8 Å². The summed E-state index contributed by atoms with van der Waals surface area (Å²) in [4.78, 5) is -1.35. The van der Waals surface area contributed by atoms with Crippen molar-refractivity contribution in [2.24, 2.45) is 5.92 Å². The molecule has 0 saturated heterocycles. The molecule has 168 valence electrons. The van der Waals surface area contributed by atoms with Crippen LogP contribution in [0.5, 0.6) is 0 Å². The van der Waals surface area contributed by atoms with Gasteiger partial charge in [0.05, 0.1) is 26.4 Å². The van der Waals surface area contributed by atoms with E-state index in [4.69, 9.17) is 18.1 Å². The molecule has 1 aromatic carbocycles. The van der Waals surface area contributed by atoms with Gasteiger partial charge < -0.3 is 18.1 Å². The van der Waals surface area contributed by atoms with Gasteiger partial charge in [-0.25, -0.2) is 0 Å². The molecule has 2 aliphatic carbocycles. The van der Waals surface area contributed by atoms with Gasteiger partial charge in [0.25, 0.3) is 0 Å². The lowest BCUT2D eigenvalue weighted by molar-refractivity contribution is 0.169. The number of hydrogen-bond acceptors (Lipinski definition) is 6. The van der Waals surface area contributed by atoms with Crippen LogP contribution < -0.4 is 0 Å². The molecular weight excluding hydrogens is 422 g/mol. The van der Waals surface area contributed by atoms with Crippen LogP contribution in [-0.2, 0) is 33.6 Å². The predicted molar refractivity (Wildman–Crippen MR) is 120 cm³/mol. The number of rotatable bonds is 10. The standard InChI is InChI=1S/C22H34O6P2/c1-5-25-29(23,26-6-2)22(30(24,27-7-3)28-8-4)16-15-21-19(17-22)14-13-18-11-9-10-12-20(18)21/h9-12,15,19H,5-8,13-14,16-17H2,1-4H3. The fourth-order valence-corrected chi connectivity index (χ4v) is 10.7. The molecule has 0 fully saturated rings. The minimum atomic E-state index is -3.81. The number of allylic oxidation sites excluding steroid dienone is 2. The lowest BCUT2D eigenvalue weighted by Crippen LogP contribution is -2.38. The zero-order valence-corrected chi connectivity index (χ0v) is 20.3. The van der Waals surface area contributed by atoms with Gasteiger partial charge in [-0.15, -0.1) is 0 Å². The molecule has 0 radical (unpaired) electrons. The van der Waals surface area contributed by atoms with Gasteiger partial charge in [-0.2, -0.15) is 0 Å². The first-order valence-electron chi connectivity index (χ1n) is 11.0. The van der Waals surface area contributed by atoms with E-state index in [1.165, 1.54) is 16.7 Å². The second kappa shape index (κ2) is 9.81. The molecule has 0 aromatic heterocycles. The lowest BCUT2D eigenvalue weighted by atomic mass is 9.74. The van der Waals surface area contributed by atoms with Crippen molar-refractivity contribution < 1.29 is 27.2 Å². The minimum absolute atomic E-state index is 0.0946. The molecule has 2 aliphatic rings. The summed E-state index contributed by atoms with van der Waals surface area (Å²) in [5.74, 6) is 0.0946. The Morgan fingerprint density at radius 3 is 1.97 bits per heavy atom. The first-order chi connectivity index (χ1) is 14.4. The van der Waals surface area contributed by atoms with E-state index >= 15 is 0 Å². The van der Waals surface area contributed by atoms with Crippen molar-refractivity contribution in [1.29, 1.82) is 0 Å². The normalized spacial score (nSPS) is 20.9. The van der Waals surface area contributed by atoms with Crippen molar-refractivity contribution in [3.05, 3.63) is 41.5 Å². The van der Waals surface area contributed by atoms with Crippen LogP contribution in [0.2, 0.25) is 0 Å². The van der Waals surface area contributed by atoms with Crippen molar-refractivity contribution in [3.8, 4) is 0 Å². The van der Waals surface area contributed by atoms with Gasteiger partial charge in [0.1, 0.15) is 0 Å². The first-order valence-corrected chi connectivity index (χ1v) is 14.1. The van der Waals surface area contributed by atoms with E-state index in [2.05, 4.69) is 24.3 Å². The van der Waals surface area contributed by atoms with Crippen LogP contribution in [0.25, 0.3) is 5.57 Å². The third kappa shape index (κ3) is 4.03. The van der Waals surface area contributed by atoms with Gasteiger partial charge >= 0.3 is 15.2 Å². The summed E-state index contributed by atoms with van der Waals surface area (Å²) in [5, 5.41) is 0. The summed E-state index contributed by atoms with van der Waals surface area (Å²) in [5.41, 5.74) is 3.78. The SMILES string of the molecule is CCOP(=O)(OCC)C1(P(=O)(OCC)OCC)CC=C2c3ccccc3CCC2C1. The Morgan fingerprint density at radius 2 is 1.43 bits per heavy atom. The fourth-order valence-electron chi connectivity index (χ4n) is 4.80. The highest BCUT2D eigenvalue weighted by molar-refractivity contribution is 7.74. The average Bonchev–Trinajstić information content (AvgIpc) is 2.73. The maximum Gasteiger partial charge on any atom is 0.349 e. The molecule has 6 nitrogen and oxygen atoms in total. The maximum absolute atomic E-state index is 14.2. The molecule has 0 N–H and O–H groups in total. The first kappa shape index (κ1) is 23.9. The van der Waals surface area contributed by atoms with Gasteiger partial charge in [0.2, 0.25) is 0 Å². The Hall–Kier alpha value is -0.740. The summed E-state index contributed by atoms with van der Waals surface area (Å²) in [6.07, 6.45) is 4.54. The monoisotopic (exact) mass is 456 g/mol. The Labute approximate surface area is 180 Å². The Bertz CT molecular complexity index is 815. The van der Waals surface area contributed by atoms with Crippen LogP contribution in [0, 0.1) is 5.92 Å². The van der Waals surface area contributed by atoms with Gasteiger partial charge in [-0.05, 0) is 76.0 Å². The van der Waals surface area contributed by atoms with Crippen LogP contribution in [0.3, 0.4) is 0 Å². The Balaban J connectivity index is 2.16. The Kier molecular flexibility index (Phi) is 7.82. The number of fused-ring (bicyclic) bond motifs is 3. The third-order valence-electron chi connectivity index (χ3n) is 5.97. The van der Waals surface area contributed by atoms with Crippen LogP contribution in [0.1, 0.15) is 58.1 Å². The van der Waals surface area contributed by atoms with Crippen LogP contribution in [0.4, 0.5) is 0 Å². The summed E-state index contributed by atoms with van der Waals surface area (Å²) in [7, 11) is -7.62. The van der Waals surface area contributed by atoms with E-state index in [9.17, 15) is 9.13 Å². The summed E-state index contributed by atoms with van der Waals surface area (Å²) < 4.78 is 51.5. The van der Waals surface area contributed by atoms with Crippen molar-refractivity contribution in [1.82, 2.24) is 0 Å². The van der Waals surface area contributed by atoms with Crippen molar-refractivity contribution in [3.63, 3.8) is 0 Å². The number of aryl methyl sites for hydroxylation is 1. The fraction of sp³-hybridized carbons (Fsp3) is 0.636. The second-order valence-corrected chi connectivity index (χ2v) is 12.7. The van der Waals surface area contributed by atoms with E-state index in [-0.39, 0.29) is 38.8 Å². The van der Waals surface area contributed by atoms with Gasteiger partial charge in [-0.3, -0.25) is 9.13 Å². The second-order valence-electron chi connectivity index (χ2n) is 7.61. The largest absolute Gasteiger partial charge is 0.349 e. The quantitative estimate of drug-likeness (QED) is 0.367. The number of benzene rings is 1. The zero-order chi connectivity index (χ0) is 21.8. The van der Waals surface area contributed by atoms with E-state index < -0.39 is 20.1 Å². The lowest BCUT2D eigenvalue weighted by Gasteiger charge is -2.47. The molecule has 1 unspecified atom stereocenters. The molecule has 0 spiro atoms. The molecular formula is C22H34O6P2. The highest BCUT2D eigenvalue weighted by Crippen LogP contribution is 2.82. The molecule has 30 heavy (non-hydrogen) atoms. The van der Waals surface area contributed by atoms with E-state index in [1.54, 1.807) is 27.7 Å². The zero-order valence-electron chi connectivity index (χ0n) is 18.5. The molecule has 0 heterocycles. The van der Waals surface area contributed by atoms with E-state index in [0.29, 0.717) is 6.42 Å². The molecule has 0 aliphatic heterocycles. The van der Waals surface area contributed by atoms with Crippen molar-refractivity contribution in [2.45, 2.75) is 58.3 Å². The van der Waals surface area contributed by atoms with Gasteiger partial charge in [0, 0.05) is 0 Å². The highest BCUT2D eigenvalue weighted by Gasteiger charge is 2.66. The number of hydrogen-bond donors (Lipinski definition) is 0. The molecule has 1 atom stereocenters. The van der Waals surface area contributed by atoms with Crippen molar-refractivity contribution >= 4 is 20.8 Å². The highest BCUT2D eigenvalue weighted by atomic mass is 31.2. The summed E-state index contributed by atoms with van der Waals surface area (Å²) in [6.45, 7) is 7.86. The molecule has 8 heteroatoms.